The van der Waals surface area contributed by atoms with Crippen LogP contribution in [-0.4, -0.2) is 35.5 Å². The molecule has 1 unspecified atom stereocenters. The quantitative estimate of drug-likeness (QED) is 0.890. The number of rotatable bonds is 4. The number of aromatic nitrogens is 2. The van der Waals surface area contributed by atoms with E-state index in [9.17, 15) is 4.79 Å². The Morgan fingerprint density at radius 1 is 1.61 bits per heavy atom. The highest BCUT2D eigenvalue weighted by atomic mass is 35.5. The van der Waals surface area contributed by atoms with E-state index in [1.807, 2.05) is 6.92 Å². The lowest BCUT2D eigenvalue weighted by Crippen LogP contribution is -2.38. The minimum Gasteiger partial charge on any atom is -0.365 e. The molecule has 2 heterocycles. The standard InChI is InChI=1S/C12H19ClN4O/c1-3-16(9-5-6-14-7-9)10-8-15-17(4-2)12(18)11(10)13/h8-9,14H,3-7H2,1-2H3. The molecule has 0 saturated carbocycles. The van der Waals surface area contributed by atoms with Gasteiger partial charge in [-0.2, -0.15) is 5.10 Å². The summed E-state index contributed by atoms with van der Waals surface area (Å²) in [5.74, 6) is 0. The fourth-order valence-electron chi connectivity index (χ4n) is 2.41. The summed E-state index contributed by atoms with van der Waals surface area (Å²) in [7, 11) is 0. The van der Waals surface area contributed by atoms with Crippen LogP contribution >= 0.6 is 11.6 Å². The Labute approximate surface area is 112 Å². The van der Waals surface area contributed by atoms with Crippen LogP contribution in [0.4, 0.5) is 5.69 Å². The van der Waals surface area contributed by atoms with E-state index in [4.69, 9.17) is 11.6 Å². The number of nitrogens with one attached hydrogen (secondary N) is 1. The molecule has 1 fully saturated rings. The molecule has 1 N–H and O–H groups in total. The highest BCUT2D eigenvalue weighted by Gasteiger charge is 2.24. The van der Waals surface area contributed by atoms with Gasteiger partial charge in [0.15, 0.2) is 0 Å². The number of hydrogen-bond acceptors (Lipinski definition) is 4. The summed E-state index contributed by atoms with van der Waals surface area (Å²) < 4.78 is 1.38. The second-order valence-electron chi connectivity index (χ2n) is 4.40. The molecule has 6 heteroatoms. The zero-order chi connectivity index (χ0) is 13.1. The highest BCUT2D eigenvalue weighted by Crippen LogP contribution is 2.24. The zero-order valence-electron chi connectivity index (χ0n) is 10.8. The number of halogens is 1. The number of aryl methyl sites for hydroxylation is 1. The molecule has 1 aromatic rings. The summed E-state index contributed by atoms with van der Waals surface area (Å²) in [6.45, 7) is 7.25. The normalized spacial score (nSPS) is 19.2. The SMILES string of the molecule is CCN(c1cnn(CC)c(=O)c1Cl)C1CCNC1. The Morgan fingerprint density at radius 2 is 2.39 bits per heavy atom. The lowest BCUT2D eigenvalue weighted by molar-refractivity contribution is 0.602. The summed E-state index contributed by atoms with van der Waals surface area (Å²) in [6.07, 6.45) is 2.77. The Balaban J connectivity index is 2.36. The third-order valence-electron chi connectivity index (χ3n) is 3.39. The molecule has 0 amide bonds. The van der Waals surface area contributed by atoms with Gasteiger partial charge in [-0.1, -0.05) is 11.6 Å². The van der Waals surface area contributed by atoms with Crippen molar-refractivity contribution in [1.29, 1.82) is 0 Å². The second kappa shape index (κ2) is 5.71. The molecule has 0 spiro atoms. The van der Waals surface area contributed by atoms with Crippen LogP contribution < -0.4 is 15.8 Å². The van der Waals surface area contributed by atoms with Crippen molar-refractivity contribution in [3.8, 4) is 0 Å². The van der Waals surface area contributed by atoms with Gasteiger partial charge in [0.25, 0.3) is 5.56 Å². The maximum Gasteiger partial charge on any atom is 0.287 e. The first kappa shape index (κ1) is 13.4. The molecular weight excluding hydrogens is 252 g/mol. The van der Waals surface area contributed by atoms with Gasteiger partial charge in [0.2, 0.25) is 0 Å². The number of nitrogens with zero attached hydrogens (tertiary/aromatic N) is 3. The predicted molar refractivity (Wildman–Crippen MR) is 73.5 cm³/mol. The minimum absolute atomic E-state index is 0.207. The molecule has 1 saturated heterocycles. The van der Waals surface area contributed by atoms with Crippen molar-refractivity contribution in [2.45, 2.75) is 32.9 Å². The van der Waals surface area contributed by atoms with Gasteiger partial charge < -0.3 is 10.2 Å². The average Bonchev–Trinajstić information content (AvgIpc) is 2.89. The van der Waals surface area contributed by atoms with Crippen LogP contribution in [0, 0.1) is 0 Å². The van der Waals surface area contributed by atoms with Crippen molar-refractivity contribution in [2.24, 2.45) is 0 Å². The monoisotopic (exact) mass is 270 g/mol. The third-order valence-corrected chi connectivity index (χ3v) is 3.75. The summed E-state index contributed by atoms with van der Waals surface area (Å²) >= 11 is 6.19. The largest absolute Gasteiger partial charge is 0.365 e. The predicted octanol–water partition coefficient (Wildman–Crippen LogP) is 1.10. The first-order chi connectivity index (χ1) is 8.69. The molecule has 0 radical (unpaired) electrons. The molecule has 0 bridgehead atoms. The molecule has 2 rings (SSSR count). The van der Waals surface area contributed by atoms with E-state index in [1.165, 1.54) is 4.68 Å². The lowest BCUT2D eigenvalue weighted by Gasteiger charge is -2.29. The zero-order valence-corrected chi connectivity index (χ0v) is 11.6. The molecule has 18 heavy (non-hydrogen) atoms. The molecule has 5 nitrogen and oxygen atoms in total. The first-order valence-corrected chi connectivity index (χ1v) is 6.79. The van der Waals surface area contributed by atoms with Crippen molar-refractivity contribution >= 4 is 17.3 Å². The van der Waals surface area contributed by atoms with Gasteiger partial charge in [-0.25, -0.2) is 4.68 Å². The van der Waals surface area contributed by atoms with E-state index in [1.54, 1.807) is 6.20 Å². The number of likely N-dealkylation sites (N-methyl/N-ethyl adjacent to an activating group) is 1. The lowest BCUT2D eigenvalue weighted by atomic mass is 10.2. The minimum atomic E-state index is -0.207. The van der Waals surface area contributed by atoms with E-state index in [-0.39, 0.29) is 10.6 Å². The van der Waals surface area contributed by atoms with Gasteiger partial charge in [-0.15, -0.1) is 0 Å². The van der Waals surface area contributed by atoms with E-state index >= 15 is 0 Å². The Bertz CT molecular complexity index is 468. The summed E-state index contributed by atoms with van der Waals surface area (Å²) in [5.41, 5.74) is 0.545. The molecule has 1 aliphatic heterocycles. The topological polar surface area (TPSA) is 50.2 Å². The summed E-state index contributed by atoms with van der Waals surface area (Å²) in [4.78, 5) is 14.1. The maximum absolute atomic E-state index is 12.0. The Morgan fingerprint density at radius 3 is 2.94 bits per heavy atom. The summed E-state index contributed by atoms with van der Waals surface area (Å²) in [6, 6.07) is 0.395. The maximum atomic E-state index is 12.0. The molecule has 100 valence electrons. The molecular formula is C12H19ClN4O. The van der Waals surface area contributed by atoms with E-state index in [0.717, 1.165) is 31.7 Å². The van der Waals surface area contributed by atoms with Crippen LogP contribution in [0.15, 0.2) is 11.0 Å². The van der Waals surface area contributed by atoms with Crippen molar-refractivity contribution < 1.29 is 0 Å². The van der Waals surface area contributed by atoms with E-state index in [0.29, 0.717) is 12.6 Å². The molecule has 1 aliphatic rings. The molecule has 0 aliphatic carbocycles. The van der Waals surface area contributed by atoms with E-state index < -0.39 is 0 Å². The van der Waals surface area contributed by atoms with Crippen LogP contribution in [0.25, 0.3) is 0 Å². The van der Waals surface area contributed by atoms with Crippen molar-refractivity contribution in [3.05, 3.63) is 21.6 Å². The second-order valence-corrected chi connectivity index (χ2v) is 4.78. The van der Waals surface area contributed by atoms with Gasteiger partial charge in [0.05, 0.1) is 11.9 Å². The van der Waals surface area contributed by atoms with Gasteiger partial charge >= 0.3 is 0 Å². The smallest absolute Gasteiger partial charge is 0.287 e. The third kappa shape index (κ3) is 2.37. The van der Waals surface area contributed by atoms with Gasteiger partial charge in [-0.3, -0.25) is 4.79 Å². The van der Waals surface area contributed by atoms with Crippen LogP contribution in [-0.2, 0) is 6.54 Å². The molecule has 0 aromatic carbocycles. The van der Waals surface area contributed by atoms with Gasteiger partial charge in [-0.05, 0) is 26.8 Å². The number of anilines is 1. The molecule has 1 aromatic heterocycles. The first-order valence-electron chi connectivity index (χ1n) is 6.42. The van der Waals surface area contributed by atoms with Crippen molar-refractivity contribution in [3.63, 3.8) is 0 Å². The van der Waals surface area contributed by atoms with E-state index in [2.05, 4.69) is 22.2 Å². The van der Waals surface area contributed by atoms with Crippen LogP contribution in [0.5, 0.6) is 0 Å². The van der Waals surface area contributed by atoms with Crippen molar-refractivity contribution in [1.82, 2.24) is 15.1 Å². The van der Waals surface area contributed by atoms with Gasteiger partial charge in [0, 0.05) is 25.7 Å². The van der Waals surface area contributed by atoms with Crippen molar-refractivity contribution in [2.75, 3.05) is 24.5 Å². The highest BCUT2D eigenvalue weighted by molar-refractivity contribution is 6.33. The van der Waals surface area contributed by atoms with Gasteiger partial charge in [0.1, 0.15) is 5.02 Å². The Kier molecular flexibility index (Phi) is 4.24. The Hall–Kier alpha value is -1.07. The average molecular weight is 271 g/mol. The number of hydrogen-bond donors (Lipinski definition) is 1. The fourth-order valence-corrected chi connectivity index (χ4v) is 2.67. The van der Waals surface area contributed by atoms with Crippen LogP contribution in [0.1, 0.15) is 20.3 Å². The fraction of sp³-hybridized carbons (Fsp3) is 0.667. The summed E-state index contributed by atoms with van der Waals surface area (Å²) in [5, 5.41) is 7.76. The molecule has 1 atom stereocenters. The van der Waals surface area contributed by atoms with Crippen LogP contribution in [0.3, 0.4) is 0 Å². The van der Waals surface area contributed by atoms with Crippen LogP contribution in [0.2, 0.25) is 5.02 Å².